The number of rotatable bonds is 1. The predicted molar refractivity (Wildman–Crippen MR) is 59.6 cm³/mol. The van der Waals surface area contributed by atoms with E-state index in [1.165, 1.54) is 11.1 Å². The van der Waals surface area contributed by atoms with Crippen molar-refractivity contribution in [1.82, 2.24) is 9.97 Å². The Morgan fingerprint density at radius 2 is 2.00 bits per heavy atom. The molecular formula is C12H13N3. The molecule has 1 unspecified atom stereocenters. The molecule has 2 rings (SSSR count). The topological polar surface area (TPSA) is 52.5 Å². The van der Waals surface area contributed by atoms with Gasteiger partial charge in [-0.2, -0.15) is 5.26 Å². The van der Waals surface area contributed by atoms with E-state index in [1.54, 1.807) is 0 Å². The van der Waals surface area contributed by atoms with E-state index in [0.29, 0.717) is 0 Å². The molecule has 1 aromatic heterocycles. The van der Waals surface area contributed by atoms with E-state index in [4.69, 9.17) is 5.26 Å². The minimum atomic E-state index is -0.182. The first-order valence-corrected chi connectivity index (χ1v) is 4.98. The highest BCUT2D eigenvalue weighted by Crippen LogP contribution is 2.20. The Labute approximate surface area is 88.8 Å². The molecule has 0 aliphatic heterocycles. The van der Waals surface area contributed by atoms with Crippen molar-refractivity contribution in [2.24, 2.45) is 0 Å². The molecule has 0 amide bonds. The molecule has 0 spiro atoms. The van der Waals surface area contributed by atoms with E-state index in [0.717, 1.165) is 16.9 Å². The van der Waals surface area contributed by atoms with Crippen LogP contribution in [-0.2, 0) is 0 Å². The molecule has 0 saturated heterocycles. The summed E-state index contributed by atoms with van der Waals surface area (Å²) in [6.45, 7) is 5.98. The smallest absolute Gasteiger partial charge is 0.124 e. The number of fused-ring (bicyclic) bond motifs is 1. The van der Waals surface area contributed by atoms with Gasteiger partial charge < -0.3 is 4.98 Å². The van der Waals surface area contributed by atoms with Gasteiger partial charge >= 0.3 is 0 Å². The normalized spacial score (nSPS) is 12.7. The van der Waals surface area contributed by atoms with E-state index < -0.39 is 0 Å². The van der Waals surface area contributed by atoms with Gasteiger partial charge in [-0.05, 0) is 44.0 Å². The van der Waals surface area contributed by atoms with E-state index in [1.807, 2.05) is 6.92 Å². The molecule has 3 heteroatoms. The van der Waals surface area contributed by atoms with Crippen LogP contribution in [0.2, 0.25) is 0 Å². The SMILES string of the molecule is Cc1cc2nc(C(C)C#N)[nH]c2cc1C. The van der Waals surface area contributed by atoms with Crippen molar-refractivity contribution >= 4 is 11.0 Å². The second-order valence-electron chi connectivity index (χ2n) is 3.93. The highest BCUT2D eigenvalue weighted by atomic mass is 14.9. The summed E-state index contributed by atoms with van der Waals surface area (Å²) < 4.78 is 0. The fraction of sp³-hybridized carbons (Fsp3) is 0.333. The lowest BCUT2D eigenvalue weighted by Gasteiger charge is -1.97. The molecule has 1 atom stereocenters. The lowest BCUT2D eigenvalue weighted by molar-refractivity contribution is 0.891. The summed E-state index contributed by atoms with van der Waals surface area (Å²) in [6.07, 6.45) is 0. The highest BCUT2D eigenvalue weighted by Gasteiger charge is 2.10. The number of aromatic nitrogens is 2. The summed E-state index contributed by atoms with van der Waals surface area (Å²) in [5, 5.41) is 8.81. The summed E-state index contributed by atoms with van der Waals surface area (Å²) >= 11 is 0. The minimum Gasteiger partial charge on any atom is -0.341 e. The summed E-state index contributed by atoms with van der Waals surface area (Å²) in [7, 11) is 0. The van der Waals surface area contributed by atoms with E-state index in [-0.39, 0.29) is 5.92 Å². The summed E-state index contributed by atoms with van der Waals surface area (Å²) in [6, 6.07) is 6.30. The van der Waals surface area contributed by atoms with Crippen LogP contribution in [0.25, 0.3) is 11.0 Å². The number of H-pyrrole nitrogens is 1. The van der Waals surface area contributed by atoms with Crippen molar-refractivity contribution in [3.05, 3.63) is 29.1 Å². The standard InChI is InChI=1S/C12H13N3/c1-7-4-10-11(5-8(7)2)15-12(14-10)9(3)6-13/h4-5,9H,1-3H3,(H,14,15). The number of nitrogens with zero attached hydrogens (tertiary/aromatic N) is 2. The molecule has 2 aromatic rings. The fourth-order valence-electron chi connectivity index (χ4n) is 1.56. The average Bonchev–Trinajstić information content (AvgIpc) is 2.60. The van der Waals surface area contributed by atoms with Crippen LogP contribution < -0.4 is 0 Å². The molecule has 0 bridgehead atoms. The number of hydrogen-bond donors (Lipinski definition) is 1. The van der Waals surface area contributed by atoms with Gasteiger partial charge in [0.1, 0.15) is 11.7 Å². The molecule has 1 N–H and O–H groups in total. The third-order valence-electron chi connectivity index (χ3n) is 2.72. The zero-order valence-corrected chi connectivity index (χ0v) is 9.13. The van der Waals surface area contributed by atoms with Gasteiger partial charge in [-0.1, -0.05) is 0 Å². The van der Waals surface area contributed by atoms with Crippen LogP contribution in [0.3, 0.4) is 0 Å². The molecule has 1 heterocycles. The number of aryl methyl sites for hydroxylation is 2. The van der Waals surface area contributed by atoms with Gasteiger partial charge in [-0.25, -0.2) is 4.98 Å². The Hall–Kier alpha value is -1.82. The number of benzene rings is 1. The Kier molecular flexibility index (Phi) is 2.20. The Morgan fingerprint density at radius 1 is 1.33 bits per heavy atom. The van der Waals surface area contributed by atoms with E-state index >= 15 is 0 Å². The monoisotopic (exact) mass is 199 g/mol. The molecule has 0 aliphatic carbocycles. The molecule has 0 radical (unpaired) electrons. The average molecular weight is 199 g/mol. The number of imidazole rings is 1. The highest BCUT2D eigenvalue weighted by molar-refractivity contribution is 5.77. The van der Waals surface area contributed by atoms with Crippen LogP contribution >= 0.6 is 0 Å². The van der Waals surface area contributed by atoms with Gasteiger partial charge in [0.05, 0.1) is 17.1 Å². The first kappa shape index (κ1) is 9.72. The minimum absolute atomic E-state index is 0.182. The van der Waals surface area contributed by atoms with Gasteiger partial charge in [0.15, 0.2) is 0 Å². The van der Waals surface area contributed by atoms with Crippen LogP contribution in [0.15, 0.2) is 12.1 Å². The molecular weight excluding hydrogens is 186 g/mol. The Bertz CT molecular complexity index is 507. The quantitative estimate of drug-likeness (QED) is 0.767. The van der Waals surface area contributed by atoms with Crippen molar-refractivity contribution in [2.75, 3.05) is 0 Å². The third kappa shape index (κ3) is 1.59. The van der Waals surface area contributed by atoms with Crippen molar-refractivity contribution in [2.45, 2.75) is 26.7 Å². The van der Waals surface area contributed by atoms with E-state index in [9.17, 15) is 0 Å². The number of aromatic amines is 1. The van der Waals surface area contributed by atoms with Crippen LogP contribution in [0.5, 0.6) is 0 Å². The second kappa shape index (κ2) is 3.39. The third-order valence-corrected chi connectivity index (χ3v) is 2.72. The van der Waals surface area contributed by atoms with Gasteiger partial charge in [-0.15, -0.1) is 0 Å². The summed E-state index contributed by atoms with van der Waals surface area (Å²) in [5.74, 6) is 0.565. The lowest BCUT2D eigenvalue weighted by Crippen LogP contribution is -1.91. The molecule has 0 aliphatic rings. The maximum absolute atomic E-state index is 8.81. The lowest BCUT2D eigenvalue weighted by atomic mass is 10.1. The number of hydrogen-bond acceptors (Lipinski definition) is 2. The molecule has 76 valence electrons. The molecule has 15 heavy (non-hydrogen) atoms. The maximum Gasteiger partial charge on any atom is 0.124 e. The number of nitrogens with one attached hydrogen (secondary N) is 1. The Balaban J connectivity index is 2.62. The van der Waals surface area contributed by atoms with Crippen LogP contribution in [0.1, 0.15) is 29.8 Å². The van der Waals surface area contributed by atoms with Gasteiger partial charge in [-0.3, -0.25) is 0 Å². The maximum atomic E-state index is 8.81. The fourth-order valence-corrected chi connectivity index (χ4v) is 1.56. The number of nitriles is 1. The van der Waals surface area contributed by atoms with Crippen molar-refractivity contribution in [3.8, 4) is 6.07 Å². The first-order valence-electron chi connectivity index (χ1n) is 4.98. The summed E-state index contributed by atoms with van der Waals surface area (Å²) in [5.41, 5.74) is 4.41. The van der Waals surface area contributed by atoms with Gasteiger partial charge in [0.2, 0.25) is 0 Å². The van der Waals surface area contributed by atoms with E-state index in [2.05, 4.69) is 42.0 Å². The van der Waals surface area contributed by atoms with Crippen molar-refractivity contribution in [3.63, 3.8) is 0 Å². The van der Waals surface area contributed by atoms with Crippen LogP contribution in [-0.4, -0.2) is 9.97 Å². The van der Waals surface area contributed by atoms with Crippen molar-refractivity contribution < 1.29 is 0 Å². The van der Waals surface area contributed by atoms with Crippen molar-refractivity contribution in [1.29, 1.82) is 5.26 Å². The Morgan fingerprint density at radius 3 is 2.67 bits per heavy atom. The predicted octanol–water partition coefficient (Wildman–Crippen LogP) is 2.81. The second-order valence-corrected chi connectivity index (χ2v) is 3.93. The van der Waals surface area contributed by atoms with Crippen LogP contribution in [0, 0.1) is 25.2 Å². The zero-order chi connectivity index (χ0) is 11.0. The zero-order valence-electron chi connectivity index (χ0n) is 9.13. The van der Waals surface area contributed by atoms with Gasteiger partial charge in [0, 0.05) is 0 Å². The molecule has 1 aromatic carbocycles. The summed E-state index contributed by atoms with van der Waals surface area (Å²) in [4.78, 5) is 7.59. The largest absolute Gasteiger partial charge is 0.341 e. The first-order chi connectivity index (χ1) is 7.11. The van der Waals surface area contributed by atoms with Gasteiger partial charge in [0.25, 0.3) is 0 Å². The molecule has 0 fully saturated rings. The molecule has 3 nitrogen and oxygen atoms in total. The molecule has 0 saturated carbocycles. The van der Waals surface area contributed by atoms with Crippen LogP contribution in [0.4, 0.5) is 0 Å².